The first-order valence-corrected chi connectivity index (χ1v) is 7.58. The van der Waals surface area contributed by atoms with Gasteiger partial charge in [0, 0.05) is 0 Å². The van der Waals surface area contributed by atoms with Crippen molar-refractivity contribution in [2.24, 2.45) is 0 Å². The molecule has 0 aromatic heterocycles. The smallest absolute Gasteiger partial charge is 0.262 e. The zero-order valence-electron chi connectivity index (χ0n) is 11.7. The molecule has 0 saturated carbocycles. The van der Waals surface area contributed by atoms with E-state index in [4.69, 9.17) is 16.3 Å². The molecule has 0 aliphatic carbocycles. The van der Waals surface area contributed by atoms with Crippen molar-refractivity contribution in [1.29, 1.82) is 0 Å². The fraction of sp³-hybridized carbons (Fsp3) is 0.188. The summed E-state index contributed by atoms with van der Waals surface area (Å²) in [5.41, 5.74) is 2.61. The van der Waals surface area contributed by atoms with Crippen LogP contribution in [0.5, 0.6) is 5.75 Å². The first-order valence-electron chi connectivity index (χ1n) is 6.41. The number of para-hydroxylation sites is 1. The molecule has 0 unspecified atom stereocenters. The Morgan fingerprint density at radius 1 is 1.29 bits per heavy atom. The van der Waals surface area contributed by atoms with Gasteiger partial charge in [-0.3, -0.25) is 4.79 Å². The van der Waals surface area contributed by atoms with Gasteiger partial charge in [0.1, 0.15) is 5.75 Å². The maximum absolute atomic E-state index is 12.0. The van der Waals surface area contributed by atoms with Gasteiger partial charge in [0.2, 0.25) is 0 Å². The standard InChI is InChI=1S/C16H15BrClNO2/c1-10-7-11(2)16(13(18)8-10)19-15(20)9-21-14-6-4-3-5-12(14)17/h3-8H,9H2,1-2H3,(H,19,20). The number of amides is 1. The van der Waals surface area contributed by atoms with Crippen molar-refractivity contribution >= 4 is 39.1 Å². The van der Waals surface area contributed by atoms with Gasteiger partial charge in [-0.1, -0.05) is 29.8 Å². The van der Waals surface area contributed by atoms with E-state index in [1.165, 1.54) is 0 Å². The van der Waals surface area contributed by atoms with Gasteiger partial charge < -0.3 is 10.1 Å². The zero-order chi connectivity index (χ0) is 15.4. The highest BCUT2D eigenvalue weighted by Crippen LogP contribution is 2.27. The fourth-order valence-electron chi connectivity index (χ4n) is 1.95. The van der Waals surface area contributed by atoms with E-state index < -0.39 is 0 Å². The van der Waals surface area contributed by atoms with E-state index in [-0.39, 0.29) is 12.5 Å². The van der Waals surface area contributed by atoms with Crippen molar-refractivity contribution in [2.75, 3.05) is 11.9 Å². The number of halogens is 2. The summed E-state index contributed by atoms with van der Waals surface area (Å²) in [6.07, 6.45) is 0. The van der Waals surface area contributed by atoms with Crippen molar-refractivity contribution in [3.8, 4) is 5.75 Å². The minimum Gasteiger partial charge on any atom is -0.483 e. The lowest BCUT2D eigenvalue weighted by atomic mass is 10.1. The van der Waals surface area contributed by atoms with Crippen LogP contribution in [0.25, 0.3) is 0 Å². The maximum atomic E-state index is 12.0. The Kier molecular flexibility index (Phi) is 5.26. The number of benzene rings is 2. The summed E-state index contributed by atoms with van der Waals surface area (Å²) in [6.45, 7) is 3.79. The van der Waals surface area contributed by atoms with Crippen LogP contribution in [-0.2, 0) is 4.79 Å². The Bertz CT molecular complexity index is 650. The number of carbonyl (C=O) groups excluding carboxylic acids is 1. The number of hydrogen-bond acceptors (Lipinski definition) is 2. The highest BCUT2D eigenvalue weighted by atomic mass is 79.9. The van der Waals surface area contributed by atoms with Gasteiger partial charge in [0.25, 0.3) is 5.91 Å². The molecular weight excluding hydrogens is 354 g/mol. The van der Waals surface area contributed by atoms with Gasteiger partial charge in [-0.2, -0.15) is 0 Å². The molecule has 3 nitrogen and oxygen atoms in total. The number of nitrogens with one attached hydrogen (secondary N) is 1. The normalized spacial score (nSPS) is 10.3. The molecule has 21 heavy (non-hydrogen) atoms. The quantitative estimate of drug-likeness (QED) is 0.846. The molecule has 5 heteroatoms. The molecule has 1 amide bonds. The van der Waals surface area contributed by atoms with Crippen LogP contribution in [0.4, 0.5) is 5.69 Å². The minimum absolute atomic E-state index is 0.0771. The Hall–Kier alpha value is -1.52. The van der Waals surface area contributed by atoms with Crippen LogP contribution < -0.4 is 10.1 Å². The molecular formula is C16H15BrClNO2. The van der Waals surface area contributed by atoms with Gasteiger partial charge in [-0.25, -0.2) is 0 Å². The molecule has 2 rings (SSSR count). The third-order valence-corrected chi connectivity index (χ3v) is 3.84. The van der Waals surface area contributed by atoms with Crippen LogP contribution in [-0.4, -0.2) is 12.5 Å². The van der Waals surface area contributed by atoms with Crippen LogP contribution in [0.2, 0.25) is 5.02 Å². The topological polar surface area (TPSA) is 38.3 Å². The van der Waals surface area contributed by atoms with Crippen LogP contribution in [0.3, 0.4) is 0 Å². The predicted octanol–water partition coefficient (Wildman–Crippen LogP) is 4.74. The summed E-state index contributed by atoms with van der Waals surface area (Å²) in [4.78, 5) is 12.0. The van der Waals surface area contributed by atoms with Crippen LogP contribution >= 0.6 is 27.5 Å². The van der Waals surface area contributed by atoms with Gasteiger partial charge >= 0.3 is 0 Å². The second-order valence-corrected chi connectivity index (χ2v) is 5.97. The molecule has 0 spiro atoms. The molecule has 0 heterocycles. The summed E-state index contributed by atoms with van der Waals surface area (Å²) >= 11 is 9.52. The monoisotopic (exact) mass is 367 g/mol. The van der Waals surface area contributed by atoms with Gasteiger partial charge in [-0.15, -0.1) is 0 Å². The highest BCUT2D eigenvalue weighted by Gasteiger charge is 2.10. The highest BCUT2D eigenvalue weighted by molar-refractivity contribution is 9.10. The van der Waals surface area contributed by atoms with Gasteiger partial charge in [0.15, 0.2) is 6.61 Å². The Morgan fingerprint density at radius 2 is 2.00 bits per heavy atom. The van der Waals surface area contributed by atoms with Crippen molar-refractivity contribution in [3.05, 3.63) is 57.0 Å². The maximum Gasteiger partial charge on any atom is 0.262 e. The lowest BCUT2D eigenvalue weighted by Gasteiger charge is -2.12. The van der Waals surface area contributed by atoms with Crippen molar-refractivity contribution in [2.45, 2.75) is 13.8 Å². The molecule has 0 radical (unpaired) electrons. The first kappa shape index (κ1) is 15.9. The van der Waals surface area contributed by atoms with Crippen LogP contribution in [0.15, 0.2) is 40.9 Å². The molecule has 0 aliphatic rings. The van der Waals surface area contributed by atoms with Crippen molar-refractivity contribution in [1.82, 2.24) is 0 Å². The molecule has 2 aromatic carbocycles. The van der Waals surface area contributed by atoms with E-state index in [1.807, 2.05) is 44.2 Å². The average Bonchev–Trinajstić information content (AvgIpc) is 2.42. The lowest BCUT2D eigenvalue weighted by Crippen LogP contribution is -2.21. The summed E-state index contributed by atoms with van der Waals surface area (Å²) in [6, 6.07) is 11.2. The van der Waals surface area contributed by atoms with E-state index in [1.54, 1.807) is 6.07 Å². The number of hydrogen-bond donors (Lipinski definition) is 1. The van der Waals surface area contributed by atoms with Crippen molar-refractivity contribution < 1.29 is 9.53 Å². The number of carbonyl (C=O) groups is 1. The average molecular weight is 369 g/mol. The van der Waals surface area contributed by atoms with E-state index in [0.29, 0.717) is 16.5 Å². The summed E-state index contributed by atoms with van der Waals surface area (Å²) in [5, 5.41) is 3.31. The molecule has 0 fully saturated rings. The molecule has 2 aromatic rings. The molecule has 0 saturated heterocycles. The molecule has 0 aliphatic heterocycles. The van der Waals surface area contributed by atoms with E-state index >= 15 is 0 Å². The fourth-order valence-corrected chi connectivity index (χ4v) is 2.72. The molecule has 110 valence electrons. The number of rotatable bonds is 4. The minimum atomic E-state index is -0.250. The Morgan fingerprint density at radius 3 is 2.67 bits per heavy atom. The summed E-state index contributed by atoms with van der Waals surface area (Å²) in [7, 11) is 0. The largest absolute Gasteiger partial charge is 0.483 e. The number of anilines is 1. The molecule has 0 bridgehead atoms. The third-order valence-electron chi connectivity index (χ3n) is 2.89. The van der Waals surface area contributed by atoms with E-state index in [9.17, 15) is 4.79 Å². The molecule has 1 N–H and O–H groups in total. The number of ether oxygens (including phenoxy) is 1. The zero-order valence-corrected chi connectivity index (χ0v) is 14.1. The number of aryl methyl sites for hydroxylation is 2. The lowest BCUT2D eigenvalue weighted by molar-refractivity contribution is -0.118. The SMILES string of the molecule is Cc1cc(C)c(NC(=O)COc2ccccc2Br)c(Cl)c1. The Labute approximate surface area is 137 Å². The van der Waals surface area contributed by atoms with Crippen LogP contribution in [0, 0.1) is 13.8 Å². The predicted molar refractivity (Wildman–Crippen MR) is 89.2 cm³/mol. The van der Waals surface area contributed by atoms with Gasteiger partial charge in [-0.05, 0) is 59.1 Å². The molecule has 0 atom stereocenters. The van der Waals surface area contributed by atoms with E-state index in [0.717, 1.165) is 15.6 Å². The summed E-state index contributed by atoms with van der Waals surface area (Å²) in [5.74, 6) is 0.374. The second kappa shape index (κ2) is 6.96. The van der Waals surface area contributed by atoms with Gasteiger partial charge in [0.05, 0.1) is 15.2 Å². The van der Waals surface area contributed by atoms with E-state index in [2.05, 4.69) is 21.2 Å². The third kappa shape index (κ3) is 4.22. The first-order chi connectivity index (χ1) is 9.97. The second-order valence-electron chi connectivity index (χ2n) is 4.71. The Balaban J connectivity index is 2.01. The van der Waals surface area contributed by atoms with Crippen LogP contribution in [0.1, 0.15) is 11.1 Å². The van der Waals surface area contributed by atoms with Crippen molar-refractivity contribution in [3.63, 3.8) is 0 Å². The summed E-state index contributed by atoms with van der Waals surface area (Å²) < 4.78 is 6.28.